The Balaban J connectivity index is 1.08. The van der Waals surface area contributed by atoms with Gasteiger partial charge < -0.3 is 24.3 Å². The maximum absolute atomic E-state index is 13.3. The van der Waals surface area contributed by atoms with E-state index in [2.05, 4.69) is 28.9 Å². The lowest BCUT2D eigenvalue weighted by atomic mass is 10.0. The highest BCUT2D eigenvalue weighted by Gasteiger charge is 2.43. The number of urea groups is 1. The molecule has 8 nitrogen and oxygen atoms in total. The zero-order valence-electron chi connectivity index (χ0n) is 22.4. The average molecular weight is 518 g/mol. The lowest BCUT2D eigenvalue weighted by Gasteiger charge is -2.41. The predicted molar refractivity (Wildman–Crippen MR) is 146 cm³/mol. The van der Waals surface area contributed by atoms with Crippen molar-refractivity contribution in [3.63, 3.8) is 0 Å². The predicted octanol–water partition coefficient (Wildman–Crippen LogP) is 4.81. The number of ether oxygens (including phenoxy) is 1. The molecule has 202 valence electrons. The molecule has 2 saturated heterocycles. The zero-order valence-corrected chi connectivity index (χ0v) is 22.4. The third kappa shape index (κ3) is 4.93. The summed E-state index contributed by atoms with van der Waals surface area (Å²) in [5.74, 6) is 1.01. The lowest BCUT2D eigenvalue weighted by Crippen LogP contribution is -2.56. The standard InChI is InChI=1S/C30H39N5O3/c1-2-34(24-10-6-7-11-24)29(36)32-17-16-27-23(18-32)12-15-28(31-27)35-25-13-14-26(35)20-33(19-25)30(37)38-21-22-8-4-3-5-9-22/h3-5,8-9,12,15,24-26H,2,6-7,10-11,13-14,16-21H2,1H3. The van der Waals surface area contributed by atoms with E-state index in [9.17, 15) is 9.59 Å². The van der Waals surface area contributed by atoms with Gasteiger partial charge in [0.25, 0.3) is 0 Å². The van der Waals surface area contributed by atoms with E-state index in [-0.39, 0.29) is 24.2 Å². The van der Waals surface area contributed by atoms with E-state index in [1.807, 2.05) is 40.1 Å². The monoisotopic (exact) mass is 517 g/mol. The summed E-state index contributed by atoms with van der Waals surface area (Å²) in [5, 5.41) is 0. The van der Waals surface area contributed by atoms with Crippen molar-refractivity contribution in [3.05, 3.63) is 59.3 Å². The van der Waals surface area contributed by atoms with Gasteiger partial charge in [-0.1, -0.05) is 49.2 Å². The molecule has 2 bridgehead atoms. The molecule has 2 aromatic rings. The third-order valence-corrected chi connectivity index (χ3v) is 8.87. The van der Waals surface area contributed by atoms with E-state index in [4.69, 9.17) is 9.72 Å². The molecule has 38 heavy (non-hydrogen) atoms. The van der Waals surface area contributed by atoms with Crippen molar-refractivity contribution >= 4 is 17.9 Å². The van der Waals surface area contributed by atoms with Gasteiger partial charge in [-0.15, -0.1) is 0 Å². The minimum absolute atomic E-state index is 0.183. The molecular formula is C30H39N5O3. The second-order valence-corrected chi connectivity index (χ2v) is 11.2. The summed E-state index contributed by atoms with van der Waals surface area (Å²) in [6, 6.07) is 15.2. The number of likely N-dealkylation sites (tertiary alicyclic amines) is 1. The van der Waals surface area contributed by atoms with Crippen LogP contribution in [0.15, 0.2) is 42.5 Å². The number of piperazine rings is 1. The van der Waals surface area contributed by atoms with Crippen molar-refractivity contribution in [1.82, 2.24) is 19.7 Å². The van der Waals surface area contributed by atoms with Crippen molar-refractivity contribution in [1.29, 1.82) is 0 Å². The summed E-state index contributed by atoms with van der Waals surface area (Å²) in [6.45, 7) is 5.87. The number of fused-ring (bicyclic) bond motifs is 3. The van der Waals surface area contributed by atoms with Crippen LogP contribution >= 0.6 is 0 Å². The largest absolute Gasteiger partial charge is 0.445 e. The molecular weight excluding hydrogens is 478 g/mol. The Morgan fingerprint density at radius 2 is 1.71 bits per heavy atom. The maximum Gasteiger partial charge on any atom is 0.410 e. The summed E-state index contributed by atoms with van der Waals surface area (Å²) >= 11 is 0. The van der Waals surface area contributed by atoms with Crippen molar-refractivity contribution < 1.29 is 14.3 Å². The third-order valence-electron chi connectivity index (χ3n) is 8.87. The van der Waals surface area contributed by atoms with Gasteiger partial charge in [0.15, 0.2) is 0 Å². The van der Waals surface area contributed by atoms with E-state index in [0.29, 0.717) is 32.3 Å². The Labute approximate surface area is 225 Å². The van der Waals surface area contributed by atoms with Crippen LogP contribution in [-0.2, 0) is 24.3 Å². The first-order chi connectivity index (χ1) is 18.6. The van der Waals surface area contributed by atoms with Crippen LogP contribution in [0, 0.1) is 0 Å². The van der Waals surface area contributed by atoms with Crippen molar-refractivity contribution in [2.45, 2.75) is 83.1 Å². The first-order valence-electron chi connectivity index (χ1n) is 14.4. The number of carbonyl (C=O) groups is 2. The summed E-state index contributed by atoms with van der Waals surface area (Å²) in [6.07, 6.45) is 7.41. The van der Waals surface area contributed by atoms with Gasteiger partial charge in [-0.05, 0) is 49.8 Å². The molecule has 1 aromatic carbocycles. The highest BCUT2D eigenvalue weighted by atomic mass is 16.6. The summed E-state index contributed by atoms with van der Waals surface area (Å²) in [7, 11) is 0. The molecule has 0 spiro atoms. The number of aromatic nitrogens is 1. The van der Waals surface area contributed by atoms with E-state index in [0.717, 1.165) is 67.8 Å². The van der Waals surface area contributed by atoms with Crippen LogP contribution in [0.3, 0.4) is 0 Å². The smallest absolute Gasteiger partial charge is 0.410 e. The minimum atomic E-state index is -0.229. The molecule has 4 aliphatic rings. The number of nitrogens with zero attached hydrogens (tertiary/aromatic N) is 5. The number of benzene rings is 1. The van der Waals surface area contributed by atoms with Gasteiger partial charge in [0.05, 0.1) is 0 Å². The van der Waals surface area contributed by atoms with Crippen LogP contribution in [0.5, 0.6) is 0 Å². The minimum Gasteiger partial charge on any atom is -0.445 e. The fourth-order valence-electron chi connectivity index (χ4n) is 6.90. The van der Waals surface area contributed by atoms with Gasteiger partial charge in [-0.2, -0.15) is 0 Å². The number of amides is 3. The number of rotatable bonds is 5. The summed E-state index contributed by atoms with van der Waals surface area (Å²) < 4.78 is 5.61. The number of hydrogen-bond acceptors (Lipinski definition) is 5. The SMILES string of the molecule is CCN(C(=O)N1CCc2nc(N3C4CCC3CN(C(=O)OCc3ccccc3)C4)ccc2C1)C1CCCC1. The molecule has 3 amide bonds. The van der Waals surface area contributed by atoms with Crippen LogP contribution in [0.4, 0.5) is 15.4 Å². The topological polar surface area (TPSA) is 69.2 Å². The maximum atomic E-state index is 13.3. The average Bonchev–Trinajstić information content (AvgIpc) is 3.58. The fourth-order valence-corrected chi connectivity index (χ4v) is 6.90. The van der Waals surface area contributed by atoms with Gasteiger partial charge in [-0.3, -0.25) is 0 Å². The Hall–Kier alpha value is -3.29. The van der Waals surface area contributed by atoms with Crippen molar-refractivity contribution in [2.75, 3.05) is 31.1 Å². The molecule has 0 radical (unpaired) electrons. The molecule has 3 fully saturated rings. The molecule has 1 saturated carbocycles. The number of carbonyl (C=O) groups excluding carboxylic acids is 2. The Morgan fingerprint density at radius 3 is 2.42 bits per heavy atom. The fraction of sp³-hybridized carbons (Fsp3) is 0.567. The first-order valence-corrected chi connectivity index (χ1v) is 14.4. The summed E-state index contributed by atoms with van der Waals surface area (Å²) in [4.78, 5) is 39.6. The Morgan fingerprint density at radius 1 is 0.974 bits per heavy atom. The van der Waals surface area contributed by atoms with Crippen LogP contribution in [0.25, 0.3) is 0 Å². The van der Waals surface area contributed by atoms with Crippen LogP contribution in [-0.4, -0.2) is 76.1 Å². The molecule has 8 heteroatoms. The quantitative estimate of drug-likeness (QED) is 0.569. The number of anilines is 1. The van der Waals surface area contributed by atoms with E-state index in [1.54, 1.807) is 0 Å². The van der Waals surface area contributed by atoms with Gasteiger partial charge in [-0.25, -0.2) is 14.6 Å². The molecule has 2 unspecified atom stereocenters. The second-order valence-electron chi connectivity index (χ2n) is 11.2. The van der Waals surface area contributed by atoms with Crippen LogP contribution in [0.1, 0.15) is 62.3 Å². The van der Waals surface area contributed by atoms with Gasteiger partial charge in [0.1, 0.15) is 12.4 Å². The van der Waals surface area contributed by atoms with E-state index < -0.39 is 0 Å². The molecule has 4 heterocycles. The molecule has 1 aliphatic carbocycles. The van der Waals surface area contributed by atoms with Crippen LogP contribution in [0.2, 0.25) is 0 Å². The Bertz CT molecular complexity index is 1140. The van der Waals surface area contributed by atoms with Gasteiger partial charge in [0.2, 0.25) is 0 Å². The van der Waals surface area contributed by atoms with E-state index >= 15 is 0 Å². The summed E-state index contributed by atoms with van der Waals surface area (Å²) in [5.41, 5.74) is 3.27. The Kier molecular flexibility index (Phi) is 7.13. The first kappa shape index (κ1) is 25.0. The normalized spacial score (nSPS) is 22.9. The van der Waals surface area contributed by atoms with Gasteiger partial charge >= 0.3 is 12.1 Å². The van der Waals surface area contributed by atoms with Crippen molar-refractivity contribution in [2.24, 2.45) is 0 Å². The zero-order chi connectivity index (χ0) is 26.1. The highest BCUT2D eigenvalue weighted by molar-refractivity contribution is 5.75. The van der Waals surface area contributed by atoms with E-state index in [1.165, 1.54) is 12.8 Å². The van der Waals surface area contributed by atoms with Crippen molar-refractivity contribution in [3.8, 4) is 0 Å². The number of hydrogen-bond donors (Lipinski definition) is 0. The molecule has 1 aromatic heterocycles. The molecule has 2 atom stereocenters. The second kappa shape index (κ2) is 10.8. The van der Waals surface area contributed by atoms with Crippen LogP contribution < -0.4 is 4.90 Å². The molecule has 0 N–H and O–H groups in total. The molecule has 3 aliphatic heterocycles. The number of pyridine rings is 1. The van der Waals surface area contributed by atoms with Gasteiger partial charge in [0, 0.05) is 63.0 Å². The highest BCUT2D eigenvalue weighted by Crippen LogP contribution is 2.35. The lowest BCUT2D eigenvalue weighted by molar-refractivity contribution is 0.0880. The molecule has 6 rings (SSSR count).